The van der Waals surface area contributed by atoms with Crippen LogP contribution in [0.1, 0.15) is 31.9 Å². The van der Waals surface area contributed by atoms with Gasteiger partial charge in [0.05, 0.1) is 6.61 Å². The summed E-state index contributed by atoms with van der Waals surface area (Å²) in [5.74, 6) is 0.260. The molecule has 0 aliphatic carbocycles. The number of hydrazine groups is 1. The van der Waals surface area contributed by atoms with Crippen molar-refractivity contribution in [3.63, 3.8) is 0 Å². The Balaban J connectivity index is 2.13. The van der Waals surface area contributed by atoms with E-state index in [9.17, 15) is 18.0 Å². The van der Waals surface area contributed by atoms with Gasteiger partial charge in [0.2, 0.25) is 5.91 Å². The van der Waals surface area contributed by atoms with Crippen LogP contribution in [0.15, 0.2) is 36.4 Å². The maximum Gasteiger partial charge on any atom is 0.409 e. The van der Waals surface area contributed by atoms with Gasteiger partial charge in [0.25, 0.3) is 0 Å². The highest BCUT2D eigenvalue weighted by atomic mass is 19.4. The lowest BCUT2D eigenvalue weighted by atomic mass is 9.97. The minimum absolute atomic E-state index is 0.00835. The predicted molar refractivity (Wildman–Crippen MR) is 92.5 cm³/mol. The fourth-order valence-corrected chi connectivity index (χ4v) is 3.15. The number of hydrogen-bond acceptors (Lipinski definition) is 3. The molecular formula is C19H21F3N2O2. The van der Waals surface area contributed by atoms with Crippen molar-refractivity contribution < 1.29 is 22.7 Å². The molecule has 26 heavy (non-hydrogen) atoms. The first-order valence-electron chi connectivity index (χ1n) is 8.54. The topological polar surface area (TPSA) is 41.6 Å². The third-order valence-corrected chi connectivity index (χ3v) is 4.24. The van der Waals surface area contributed by atoms with E-state index < -0.39 is 18.1 Å². The highest BCUT2D eigenvalue weighted by Crippen LogP contribution is 2.43. The summed E-state index contributed by atoms with van der Waals surface area (Å²) < 4.78 is 47.6. The summed E-state index contributed by atoms with van der Waals surface area (Å²) in [4.78, 5) is 11.5. The SMILES string of the molecule is CC(C)COc1cccc2cccc(C(N3CCC(=O)N3)C(F)(F)F)c12. The molecule has 1 fully saturated rings. The van der Waals surface area contributed by atoms with Gasteiger partial charge in [-0.2, -0.15) is 13.2 Å². The highest BCUT2D eigenvalue weighted by molar-refractivity contribution is 5.92. The molecule has 0 radical (unpaired) electrons. The normalized spacial score (nSPS) is 16.9. The van der Waals surface area contributed by atoms with Crippen molar-refractivity contribution in [3.8, 4) is 5.75 Å². The Morgan fingerprint density at radius 3 is 2.46 bits per heavy atom. The summed E-state index contributed by atoms with van der Waals surface area (Å²) >= 11 is 0. The van der Waals surface area contributed by atoms with Gasteiger partial charge in [-0.3, -0.25) is 10.2 Å². The molecule has 0 aromatic heterocycles. The fraction of sp³-hybridized carbons (Fsp3) is 0.421. The zero-order valence-electron chi connectivity index (χ0n) is 14.6. The Labute approximate surface area is 149 Å². The van der Waals surface area contributed by atoms with Gasteiger partial charge in [-0.1, -0.05) is 44.2 Å². The molecule has 1 saturated heterocycles. The van der Waals surface area contributed by atoms with Crippen molar-refractivity contribution in [2.45, 2.75) is 32.5 Å². The number of nitrogens with one attached hydrogen (secondary N) is 1. The van der Waals surface area contributed by atoms with Crippen molar-refractivity contribution in [2.24, 2.45) is 5.92 Å². The van der Waals surface area contributed by atoms with E-state index in [1.54, 1.807) is 30.3 Å². The maximum absolute atomic E-state index is 13.9. The van der Waals surface area contributed by atoms with Crippen molar-refractivity contribution in [1.82, 2.24) is 10.4 Å². The Kier molecular flexibility index (Phi) is 5.09. The minimum Gasteiger partial charge on any atom is -0.493 e. The molecule has 1 amide bonds. The molecule has 3 rings (SSSR count). The number of hydrogen-bond donors (Lipinski definition) is 1. The standard InChI is InChI=1S/C19H21F3N2O2/c1-12(2)11-26-15-8-4-6-13-5-3-7-14(17(13)15)18(19(20,21)22)24-10-9-16(25)23-24/h3-8,12,18H,9-11H2,1-2H3,(H,23,25). The minimum atomic E-state index is -4.54. The Bertz CT molecular complexity index is 800. The third kappa shape index (κ3) is 3.77. The lowest BCUT2D eigenvalue weighted by molar-refractivity contribution is -0.190. The van der Waals surface area contributed by atoms with Crippen LogP contribution in [-0.4, -0.2) is 30.2 Å². The molecule has 140 valence electrons. The second kappa shape index (κ2) is 7.15. The zero-order valence-corrected chi connectivity index (χ0v) is 14.6. The largest absolute Gasteiger partial charge is 0.493 e. The van der Waals surface area contributed by atoms with E-state index in [0.717, 1.165) is 5.01 Å². The van der Waals surface area contributed by atoms with Crippen LogP contribution in [0.3, 0.4) is 0 Å². The average molecular weight is 366 g/mol. The van der Waals surface area contributed by atoms with Gasteiger partial charge in [0, 0.05) is 18.4 Å². The molecule has 1 atom stereocenters. The number of nitrogens with zero attached hydrogens (tertiary/aromatic N) is 1. The van der Waals surface area contributed by atoms with Gasteiger partial charge >= 0.3 is 6.18 Å². The summed E-state index contributed by atoms with van der Waals surface area (Å²) in [6.07, 6.45) is -4.49. The van der Waals surface area contributed by atoms with Crippen molar-refractivity contribution in [2.75, 3.05) is 13.2 Å². The van der Waals surface area contributed by atoms with Gasteiger partial charge in [-0.25, -0.2) is 5.01 Å². The lowest BCUT2D eigenvalue weighted by Gasteiger charge is -2.30. The number of rotatable bonds is 5. The van der Waals surface area contributed by atoms with E-state index in [4.69, 9.17) is 4.74 Å². The Hall–Kier alpha value is -2.28. The average Bonchev–Trinajstić information content (AvgIpc) is 2.97. The summed E-state index contributed by atoms with van der Waals surface area (Å²) in [7, 11) is 0. The molecule has 1 heterocycles. The monoisotopic (exact) mass is 366 g/mol. The van der Waals surface area contributed by atoms with Crippen LogP contribution in [0.4, 0.5) is 13.2 Å². The van der Waals surface area contributed by atoms with Gasteiger partial charge in [0.1, 0.15) is 5.75 Å². The quantitative estimate of drug-likeness (QED) is 0.862. The zero-order chi connectivity index (χ0) is 18.9. The number of fused-ring (bicyclic) bond motifs is 1. The second-order valence-electron chi connectivity index (χ2n) is 6.83. The molecule has 4 nitrogen and oxygen atoms in total. The van der Waals surface area contributed by atoms with E-state index in [1.165, 1.54) is 6.07 Å². The first-order valence-corrected chi connectivity index (χ1v) is 8.54. The van der Waals surface area contributed by atoms with Gasteiger partial charge in [-0.05, 0) is 22.9 Å². The number of halogens is 3. The van der Waals surface area contributed by atoms with Crippen LogP contribution in [-0.2, 0) is 4.79 Å². The Morgan fingerprint density at radius 2 is 1.88 bits per heavy atom. The van der Waals surface area contributed by atoms with Crippen LogP contribution in [0.2, 0.25) is 0 Å². The second-order valence-corrected chi connectivity index (χ2v) is 6.83. The molecule has 1 aliphatic rings. The number of benzene rings is 2. The van der Waals surface area contributed by atoms with Crippen molar-refractivity contribution in [1.29, 1.82) is 0 Å². The summed E-state index contributed by atoms with van der Waals surface area (Å²) in [6.45, 7) is 4.37. The molecule has 7 heteroatoms. The van der Waals surface area contributed by atoms with Crippen LogP contribution in [0.25, 0.3) is 10.8 Å². The van der Waals surface area contributed by atoms with E-state index >= 15 is 0 Å². The third-order valence-electron chi connectivity index (χ3n) is 4.24. The smallest absolute Gasteiger partial charge is 0.409 e. The van der Waals surface area contributed by atoms with E-state index in [2.05, 4.69) is 5.43 Å². The van der Waals surface area contributed by atoms with Crippen LogP contribution < -0.4 is 10.2 Å². The molecule has 2 aromatic carbocycles. The molecule has 2 aromatic rings. The van der Waals surface area contributed by atoms with Crippen molar-refractivity contribution >= 4 is 16.7 Å². The molecule has 0 bridgehead atoms. The fourth-order valence-electron chi connectivity index (χ4n) is 3.15. The number of ether oxygens (including phenoxy) is 1. The summed E-state index contributed by atoms with van der Waals surface area (Å²) in [6, 6.07) is 8.09. The van der Waals surface area contributed by atoms with Crippen LogP contribution in [0.5, 0.6) is 5.75 Å². The van der Waals surface area contributed by atoms with E-state index in [1.807, 2.05) is 13.8 Å². The Morgan fingerprint density at radius 1 is 1.19 bits per heavy atom. The highest BCUT2D eigenvalue weighted by Gasteiger charge is 2.47. The van der Waals surface area contributed by atoms with E-state index in [-0.39, 0.29) is 24.4 Å². The first-order chi connectivity index (χ1) is 12.3. The van der Waals surface area contributed by atoms with Gasteiger partial charge in [-0.15, -0.1) is 0 Å². The van der Waals surface area contributed by atoms with Gasteiger partial charge < -0.3 is 4.74 Å². The predicted octanol–water partition coefficient (Wildman–Crippen LogP) is 4.21. The van der Waals surface area contributed by atoms with Crippen LogP contribution >= 0.6 is 0 Å². The maximum atomic E-state index is 13.9. The molecular weight excluding hydrogens is 345 g/mol. The first kappa shape index (κ1) is 18.5. The summed E-state index contributed by atoms with van der Waals surface area (Å²) in [5, 5.41) is 2.07. The number of amides is 1. The molecule has 1 aliphatic heterocycles. The number of carbonyl (C=O) groups is 1. The van der Waals surface area contributed by atoms with E-state index in [0.29, 0.717) is 23.1 Å². The summed E-state index contributed by atoms with van der Waals surface area (Å²) in [5.41, 5.74) is 2.41. The molecule has 1 unspecified atom stereocenters. The number of carbonyl (C=O) groups excluding carboxylic acids is 1. The molecule has 1 N–H and O–H groups in total. The lowest BCUT2D eigenvalue weighted by Crippen LogP contribution is -2.43. The number of alkyl halides is 3. The van der Waals surface area contributed by atoms with Gasteiger partial charge in [0.15, 0.2) is 6.04 Å². The molecule has 0 saturated carbocycles. The molecule has 0 spiro atoms. The van der Waals surface area contributed by atoms with Crippen molar-refractivity contribution in [3.05, 3.63) is 42.0 Å². The van der Waals surface area contributed by atoms with Crippen LogP contribution in [0, 0.1) is 5.92 Å².